The summed E-state index contributed by atoms with van der Waals surface area (Å²) in [5.41, 5.74) is 5.47. The molecule has 1 atom stereocenters. The second-order valence-electron chi connectivity index (χ2n) is 4.45. The van der Waals surface area contributed by atoms with E-state index < -0.39 is 17.9 Å². The zero-order chi connectivity index (χ0) is 14.1. The summed E-state index contributed by atoms with van der Waals surface area (Å²) in [5, 5.41) is 13.4. The number of carbonyl (C=O) groups excluding carboxylic acids is 2. The maximum atomic E-state index is 11.4. The van der Waals surface area contributed by atoms with Gasteiger partial charge in [-0.25, -0.2) is 0 Å². The molecule has 7 heteroatoms. The lowest BCUT2D eigenvalue weighted by Gasteiger charge is -2.12. The van der Waals surface area contributed by atoms with Gasteiger partial charge in [-0.3, -0.25) is 14.4 Å². The average molecular weight is 259 g/mol. The molecule has 0 radical (unpaired) electrons. The zero-order valence-corrected chi connectivity index (χ0v) is 10.7. The van der Waals surface area contributed by atoms with Crippen molar-refractivity contribution in [2.45, 2.75) is 32.7 Å². The van der Waals surface area contributed by atoms with Gasteiger partial charge in [-0.15, -0.1) is 0 Å². The van der Waals surface area contributed by atoms with Crippen LogP contribution in [0.3, 0.4) is 0 Å². The monoisotopic (exact) mass is 259 g/mol. The third-order valence-electron chi connectivity index (χ3n) is 2.14. The van der Waals surface area contributed by atoms with Gasteiger partial charge < -0.3 is 21.5 Å². The number of carbonyl (C=O) groups is 3. The van der Waals surface area contributed by atoms with Crippen LogP contribution in [0.1, 0.15) is 26.7 Å². The molecule has 18 heavy (non-hydrogen) atoms. The van der Waals surface area contributed by atoms with E-state index in [4.69, 9.17) is 10.8 Å². The van der Waals surface area contributed by atoms with E-state index in [1.807, 2.05) is 13.8 Å². The fraction of sp³-hybridized carbons (Fsp3) is 0.727. The summed E-state index contributed by atoms with van der Waals surface area (Å²) >= 11 is 0. The highest BCUT2D eigenvalue weighted by molar-refractivity contribution is 5.87. The van der Waals surface area contributed by atoms with E-state index >= 15 is 0 Å². The van der Waals surface area contributed by atoms with Gasteiger partial charge in [-0.05, 0) is 12.3 Å². The smallest absolute Gasteiger partial charge is 0.303 e. The molecule has 0 heterocycles. The Morgan fingerprint density at radius 3 is 2.33 bits per heavy atom. The number of carboxylic acid groups (broad SMARTS) is 1. The summed E-state index contributed by atoms with van der Waals surface area (Å²) in [6.45, 7) is 4.31. The first-order valence-corrected chi connectivity index (χ1v) is 5.84. The molecule has 5 N–H and O–H groups in total. The predicted octanol–water partition coefficient (Wildman–Crippen LogP) is -0.933. The molecule has 0 spiro atoms. The molecule has 0 aliphatic heterocycles. The van der Waals surface area contributed by atoms with Crippen molar-refractivity contribution >= 4 is 17.8 Å². The van der Waals surface area contributed by atoms with Crippen LogP contribution in [0.5, 0.6) is 0 Å². The fourth-order valence-corrected chi connectivity index (χ4v) is 1.09. The summed E-state index contributed by atoms with van der Waals surface area (Å²) in [6.07, 6.45) is -0.122. The second kappa shape index (κ2) is 8.46. The Kier molecular flexibility index (Phi) is 7.69. The van der Waals surface area contributed by atoms with E-state index in [-0.39, 0.29) is 25.3 Å². The molecule has 1 unspecified atom stereocenters. The van der Waals surface area contributed by atoms with Gasteiger partial charge in [0.05, 0.1) is 12.6 Å². The summed E-state index contributed by atoms with van der Waals surface area (Å²) in [7, 11) is 0. The molecule has 0 aromatic heterocycles. The minimum absolute atomic E-state index is 0.0504. The van der Waals surface area contributed by atoms with E-state index in [2.05, 4.69) is 10.6 Å². The Labute approximate surface area is 106 Å². The Hall–Kier alpha value is -1.63. The third kappa shape index (κ3) is 8.51. The summed E-state index contributed by atoms with van der Waals surface area (Å²) in [6, 6.07) is -0.904. The van der Waals surface area contributed by atoms with Crippen LogP contribution in [0.25, 0.3) is 0 Å². The quantitative estimate of drug-likeness (QED) is 0.448. The lowest BCUT2D eigenvalue weighted by atomic mass is 10.1. The molecule has 0 saturated carbocycles. The molecular formula is C11H21N3O4. The molecule has 104 valence electrons. The largest absolute Gasteiger partial charge is 0.481 e. The van der Waals surface area contributed by atoms with Crippen molar-refractivity contribution in [1.29, 1.82) is 0 Å². The minimum atomic E-state index is -1.01. The fourth-order valence-electron chi connectivity index (χ4n) is 1.09. The van der Waals surface area contributed by atoms with E-state index in [1.165, 1.54) is 0 Å². The standard InChI is InChI=1S/C11H21N3O4/c1-7(2)5-13-9(15)6-14-11(18)8(12)3-4-10(16)17/h7-8H,3-6,12H2,1-2H3,(H,13,15)(H,14,18)(H,16,17). The molecule has 0 fully saturated rings. The maximum absolute atomic E-state index is 11.4. The molecule has 0 saturated heterocycles. The molecule has 7 nitrogen and oxygen atoms in total. The topological polar surface area (TPSA) is 122 Å². The van der Waals surface area contributed by atoms with E-state index in [0.29, 0.717) is 12.5 Å². The average Bonchev–Trinajstić information content (AvgIpc) is 2.30. The van der Waals surface area contributed by atoms with E-state index in [1.54, 1.807) is 0 Å². The number of hydrogen-bond acceptors (Lipinski definition) is 4. The van der Waals surface area contributed by atoms with Crippen LogP contribution in [-0.4, -0.2) is 42.0 Å². The van der Waals surface area contributed by atoms with Crippen LogP contribution in [0, 0.1) is 5.92 Å². The van der Waals surface area contributed by atoms with Crippen LogP contribution in [0.15, 0.2) is 0 Å². The Morgan fingerprint density at radius 1 is 1.22 bits per heavy atom. The van der Waals surface area contributed by atoms with Gasteiger partial charge in [0, 0.05) is 13.0 Å². The number of hydrogen-bond donors (Lipinski definition) is 4. The van der Waals surface area contributed by atoms with Gasteiger partial charge in [0.2, 0.25) is 11.8 Å². The third-order valence-corrected chi connectivity index (χ3v) is 2.14. The first-order chi connectivity index (χ1) is 8.32. The molecule has 0 aromatic carbocycles. The van der Waals surface area contributed by atoms with Crippen LogP contribution in [0.4, 0.5) is 0 Å². The number of rotatable bonds is 8. The van der Waals surface area contributed by atoms with Crippen molar-refractivity contribution in [3.63, 3.8) is 0 Å². The predicted molar refractivity (Wildman–Crippen MR) is 65.7 cm³/mol. The Morgan fingerprint density at radius 2 is 1.83 bits per heavy atom. The molecule has 0 aliphatic carbocycles. The summed E-state index contributed by atoms with van der Waals surface area (Å²) in [4.78, 5) is 33.0. The summed E-state index contributed by atoms with van der Waals surface area (Å²) in [5.74, 6) is -1.48. The van der Waals surface area contributed by atoms with Crippen LogP contribution in [-0.2, 0) is 14.4 Å². The molecule has 0 rings (SSSR count). The van der Waals surface area contributed by atoms with Crippen molar-refractivity contribution in [2.75, 3.05) is 13.1 Å². The van der Waals surface area contributed by atoms with Gasteiger partial charge in [0.1, 0.15) is 0 Å². The molecule has 2 amide bonds. The number of amides is 2. The first-order valence-electron chi connectivity index (χ1n) is 5.84. The molecule has 0 bridgehead atoms. The van der Waals surface area contributed by atoms with Gasteiger partial charge >= 0.3 is 5.97 Å². The molecule has 0 aliphatic rings. The lowest BCUT2D eigenvalue weighted by Crippen LogP contribution is -2.45. The van der Waals surface area contributed by atoms with Crippen molar-refractivity contribution in [3.8, 4) is 0 Å². The number of carboxylic acids is 1. The zero-order valence-electron chi connectivity index (χ0n) is 10.7. The van der Waals surface area contributed by atoms with Gasteiger partial charge in [-0.1, -0.05) is 13.8 Å². The van der Waals surface area contributed by atoms with Crippen molar-refractivity contribution < 1.29 is 19.5 Å². The Balaban J connectivity index is 3.81. The van der Waals surface area contributed by atoms with E-state index in [0.717, 1.165) is 0 Å². The van der Waals surface area contributed by atoms with Crippen LogP contribution in [0.2, 0.25) is 0 Å². The first kappa shape index (κ1) is 16.4. The number of nitrogens with one attached hydrogen (secondary N) is 2. The van der Waals surface area contributed by atoms with Crippen LogP contribution >= 0.6 is 0 Å². The van der Waals surface area contributed by atoms with Crippen LogP contribution < -0.4 is 16.4 Å². The molecular weight excluding hydrogens is 238 g/mol. The minimum Gasteiger partial charge on any atom is -0.481 e. The maximum Gasteiger partial charge on any atom is 0.303 e. The number of nitrogens with two attached hydrogens (primary N) is 1. The van der Waals surface area contributed by atoms with Crippen molar-refractivity contribution in [2.24, 2.45) is 11.7 Å². The van der Waals surface area contributed by atoms with Gasteiger partial charge in [-0.2, -0.15) is 0 Å². The highest BCUT2D eigenvalue weighted by atomic mass is 16.4. The van der Waals surface area contributed by atoms with E-state index in [9.17, 15) is 14.4 Å². The van der Waals surface area contributed by atoms with Gasteiger partial charge in [0.15, 0.2) is 0 Å². The normalized spacial score (nSPS) is 12.0. The Bertz CT molecular complexity index is 305. The second-order valence-corrected chi connectivity index (χ2v) is 4.45. The highest BCUT2D eigenvalue weighted by Gasteiger charge is 2.15. The van der Waals surface area contributed by atoms with Crippen molar-refractivity contribution in [1.82, 2.24) is 10.6 Å². The highest BCUT2D eigenvalue weighted by Crippen LogP contribution is 1.94. The lowest BCUT2D eigenvalue weighted by molar-refractivity contribution is -0.137. The summed E-state index contributed by atoms with van der Waals surface area (Å²) < 4.78 is 0. The van der Waals surface area contributed by atoms with Gasteiger partial charge in [0.25, 0.3) is 0 Å². The van der Waals surface area contributed by atoms with Crippen molar-refractivity contribution in [3.05, 3.63) is 0 Å². The number of aliphatic carboxylic acids is 1. The SMILES string of the molecule is CC(C)CNC(=O)CNC(=O)C(N)CCC(=O)O. The molecule has 0 aromatic rings.